The Morgan fingerprint density at radius 1 is 1.14 bits per heavy atom. The summed E-state index contributed by atoms with van der Waals surface area (Å²) in [6.45, 7) is 4.11. The molecular weight excluding hydrogens is 395 g/mol. The van der Waals surface area contributed by atoms with E-state index in [0.29, 0.717) is 17.8 Å². The van der Waals surface area contributed by atoms with Crippen molar-refractivity contribution in [3.05, 3.63) is 71.7 Å². The third-order valence-electron chi connectivity index (χ3n) is 4.32. The maximum atomic E-state index is 13.0. The zero-order valence-electron chi connectivity index (χ0n) is 16.4. The Morgan fingerprint density at radius 2 is 1.72 bits per heavy atom. The molecule has 2 aromatic rings. The van der Waals surface area contributed by atoms with Crippen molar-refractivity contribution in [2.75, 3.05) is 0 Å². The Bertz CT molecular complexity index is 972. The Kier molecular flexibility index (Phi) is 7.49. The Labute approximate surface area is 170 Å². The Hall–Kier alpha value is -2.75. The van der Waals surface area contributed by atoms with Crippen LogP contribution in [0.25, 0.3) is 5.70 Å². The molecule has 156 valence electrons. The first kappa shape index (κ1) is 22.5. The molecule has 0 aliphatic carbocycles. The van der Waals surface area contributed by atoms with Crippen LogP contribution in [-0.2, 0) is 21.4 Å². The smallest absolute Gasteiger partial charge is 0.243 e. The van der Waals surface area contributed by atoms with Gasteiger partial charge in [0, 0.05) is 12.1 Å². The summed E-state index contributed by atoms with van der Waals surface area (Å²) >= 11 is 0. The number of primary sulfonamides is 1. The Balaban J connectivity index is 2.03. The number of hydrogen-bond donors (Lipinski definition) is 4. The standard InChI is InChI=1S/C20H25FN4O3S/c1-13(2)19(20(26)25-11-14-3-7-16(21)8-4-14)24-12-18(22)15-5-9-17(10-6-15)29(23,27)28/h3-10,12-13,19,24H,11,22H2,1-2H3,(H,25,26)(H2,23,27,28)/p+1. The van der Waals surface area contributed by atoms with Gasteiger partial charge in [-0.25, -0.2) is 17.9 Å². The van der Waals surface area contributed by atoms with Gasteiger partial charge in [0.1, 0.15) is 11.9 Å². The molecule has 0 fully saturated rings. The second-order valence-corrected chi connectivity index (χ2v) is 8.53. The van der Waals surface area contributed by atoms with Crippen LogP contribution in [0.15, 0.2) is 59.6 Å². The van der Waals surface area contributed by atoms with Crippen LogP contribution >= 0.6 is 0 Å². The number of nitrogens with two attached hydrogens (primary N) is 1. The molecular formula is C20H26FN4O3S+. The summed E-state index contributed by atoms with van der Waals surface area (Å²) < 4.78 is 35.6. The number of quaternary nitrogens is 1. The Morgan fingerprint density at radius 3 is 2.24 bits per heavy atom. The van der Waals surface area contributed by atoms with E-state index < -0.39 is 16.1 Å². The summed E-state index contributed by atoms with van der Waals surface area (Å²) in [6, 6.07) is 11.4. The quantitative estimate of drug-likeness (QED) is 0.506. The second-order valence-electron chi connectivity index (χ2n) is 6.97. The molecule has 2 rings (SSSR count). The fourth-order valence-electron chi connectivity index (χ4n) is 2.60. The zero-order chi connectivity index (χ0) is 21.6. The number of amides is 1. The number of rotatable bonds is 8. The number of hydrogen-bond acceptors (Lipinski definition) is 4. The lowest BCUT2D eigenvalue weighted by molar-refractivity contribution is -0.244. The monoisotopic (exact) mass is 421 g/mol. The molecule has 0 saturated carbocycles. The molecule has 29 heavy (non-hydrogen) atoms. The normalized spacial score (nSPS) is 13.2. The minimum absolute atomic E-state index is 0.00275. The van der Waals surface area contributed by atoms with E-state index in [4.69, 9.17) is 5.14 Å². The summed E-state index contributed by atoms with van der Waals surface area (Å²) in [6.07, 6.45) is 1.62. The van der Waals surface area contributed by atoms with Crippen molar-refractivity contribution >= 4 is 21.6 Å². The van der Waals surface area contributed by atoms with Gasteiger partial charge in [0.2, 0.25) is 15.9 Å². The highest BCUT2D eigenvalue weighted by molar-refractivity contribution is 7.89. The van der Waals surface area contributed by atoms with E-state index in [2.05, 4.69) is 16.4 Å². The summed E-state index contributed by atoms with van der Waals surface area (Å²) in [7, 11) is -3.75. The fourth-order valence-corrected chi connectivity index (χ4v) is 3.12. The van der Waals surface area contributed by atoms with Crippen molar-refractivity contribution in [3.63, 3.8) is 0 Å². The molecule has 2 aromatic carbocycles. The van der Waals surface area contributed by atoms with Gasteiger partial charge in [-0.15, -0.1) is 0 Å². The molecule has 0 heterocycles. The maximum Gasteiger partial charge on any atom is 0.243 e. The number of carbonyl (C=O) groups excluding carboxylic acids is 1. The van der Waals surface area contributed by atoms with Crippen molar-refractivity contribution in [2.24, 2.45) is 11.1 Å². The molecule has 9 heteroatoms. The highest BCUT2D eigenvalue weighted by Gasteiger charge is 2.21. The van der Waals surface area contributed by atoms with Crippen LogP contribution in [0.4, 0.5) is 4.39 Å². The highest BCUT2D eigenvalue weighted by atomic mass is 32.2. The number of sulfonamides is 1. The molecule has 0 aliphatic heterocycles. The number of halogens is 1. The van der Waals surface area contributed by atoms with Crippen LogP contribution in [0, 0.1) is 11.7 Å². The van der Waals surface area contributed by atoms with Crippen LogP contribution in [0.3, 0.4) is 0 Å². The van der Waals surface area contributed by atoms with E-state index in [9.17, 15) is 17.6 Å². The van der Waals surface area contributed by atoms with Crippen LogP contribution in [-0.4, -0.2) is 20.4 Å². The van der Waals surface area contributed by atoms with E-state index in [-0.39, 0.29) is 22.5 Å². The number of nitrogens with one attached hydrogen (secondary N) is 2. The highest BCUT2D eigenvalue weighted by Crippen LogP contribution is 2.12. The third-order valence-corrected chi connectivity index (χ3v) is 5.25. The molecule has 0 aliphatic rings. The fraction of sp³-hybridized carbons (Fsp3) is 0.250. The van der Waals surface area contributed by atoms with Gasteiger partial charge in [0.15, 0.2) is 5.70 Å². The van der Waals surface area contributed by atoms with Gasteiger partial charge in [-0.1, -0.05) is 26.0 Å². The lowest BCUT2D eigenvalue weighted by Crippen LogP contribution is -2.49. The molecule has 0 aromatic heterocycles. The minimum Gasteiger partial charge on any atom is -0.375 e. The number of carbonyl (C=O) groups is 1. The van der Waals surface area contributed by atoms with E-state index in [0.717, 1.165) is 5.56 Å². The lowest BCUT2D eigenvalue weighted by Gasteiger charge is -2.20. The first-order valence-electron chi connectivity index (χ1n) is 9.01. The van der Waals surface area contributed by atoms with Crippen molar-refractivity contribution in [1.82, 2.24) is 10.6 Å². The van der Waals surface area contributed by atoms with Gasteiger partial charge in [-0.05, 0) is 47.9 Å². The minimum atomic E-state index is -3.75. The maximum absolute atomic E-state index is 13.0. The van der Waals surface area contributed by atoms with Gasteiger partial charge in [-0.3, -0.25) is 4.79 Å². The van der Waals surface area contributed by atoms with Gasteiger partial charge in [0.25, 0.3) is 0 Å². The lowest BCUT2D eigenvalue weighted by atomic mass is 10.0. The van der Waals surface area contributed by atoms with Crippen molar-refractivity contribution in [2.45, 2.75) is 31.3 Å². The first-order valence-corrected chi connectivity index (χ1v) is 10.6. The van der Waals surface area contributed by atoms with Crippen molar-refractivity contribution < 1.29 is 23.3 Å². The van der Waals surface area contributed by atoms with Gasteiger partial charge in [-0.2, -0.15) is 0 Å². The van der Waals surface area contributed by atoms with Gasteiger partial charge < -0.3 is 16.4 Å². The molecule has 1 atom stereocenters. The molecule has 7 N–H and O–H groups in total. The average molecular weight is 422 g/mol. The van der Waals surface area contributed by atoms with Crippen molar-refractivity contribution in [3.8, 4) is 0 Å². The summed E-state index contributed by atoms with van der Waals surface area (Å²) in [5.74, 6) is -0.526. The van der Waals surface area contributed by atoms with Crippen LogP contribution in [0.5, 0.6) is 0 Å². The van der Waals surface area contributed by atoms with Gasteiger partial charge in [0.05, 0.1) is 11.1 Å². The third kappa shape index (κ3) is 6.67. The zero-order valence-corrected chi connectivity index (χ0v) is 17.2. The van der Waals surface area contributed by atoms with Crippen molar-refractivity contribution in [1.29, 1.82) is 0 Å². The first-order chi connectivity index (χ1) is 13.6. The molecule has 0 spiro atoms. The summed E-state index contributed by atoms with van der Waals surface area (Å²) in [5.41, 5.74) is 6.02. The van der Waals surface area contributed by atoms with E-state index in [1.807, 2.05) is 13.8 Å². The molecule has 7 nitrogen and oxygen atoms in total. The molecule has 1 unspecified atom stereocenters. The number of benzene rings is 2. The van der Waals surface area contributed by atoms with Crippen LogP contribution < -0.4 is 21.5 Å². The van der Waals surface area contributed by atoms with E-state index in [1.54, 1.807) is 30.5 Å². The molecule has 0 saturated heterocycles. The summed E-state index contributed by atoms with van der Waals surface area (Å²) in [4.78, 5) is 12.6. The van der Waals surface area contributed by atoms with Gasteiger partial charge >= 0.3 is 0 Å². The summed E-state index contributed by atoms with van der Waals surface area (Å²) in [5, 5.41) is 11.0. The average Bonchev–Trinajstić information content (AvgIpc) is 2.66. The SMILES string of the molecule is CC(C)C(NC=C([NH3+])c1ccc(S(N)(=O)=O)cc1)C(=O)NCc1ccc(F)cc1. The largest absolute Gasteiger partial charge is 0.375 e. The predicted octanol–water partition coefficient (Wildman–Crippen LogP) is 0.944. The van der Waals surface area contributed by atoms with Crippen LogP contribution in [0.2, 0.25) is 0 Å². The second kappa shape index (κ2) is 9.64. The van der Waals surface area contributed by atoms with E-state index in [1.165, 1.54) is 24.3 Å². The topological polar surface area (TPSA) is 129 Å². The van der Waals surface area contributed by atoms with Crippen LogP contribution in [0.1, 0.15) is 25.0 Å². The molecule has 0 radical (unpaired) electrons. The molecule has 1 amide bonds. The predicted molar refractivity (Wildman–Crippen MR) is 109 cm³/mol. The molecule has 0 bridgehead atoms. The van der Waals surface area contributed by atoms with E-state index >= 15 is 0 Å².